The Morgan fingerprint density at radius 1 is 1.09 bits per heavy atom. The van der Waals surface area contributed by atoms with Gasteiger partial charge < -0.3 is 20.6 Å². The average Bonchev–Trinajstić information content (AvgIpc) is 3.51. The molecule has 16 heteroatoms. The van der Waals surface area contributed by atoms with Gasteiger partial charge in [-0.1, -0.05) is 6.07 Å². The number of amides is 2. The normalized spacial score (nSPS) is 17.6. The first-order valence-corrected chi connectivity index (χ1v) is 13.6. The number of nitrogens with two attached hydrogens (primary N) is 1. The van der Waals surface area contributed by atoms with Crippen molar-refractivity contribution in [3.63, 3.8) is 0 Å². The van der Waals surface area contributed by atoms with E-state index in [1.807, 2.05) is 0 Å². The minimum absolute atomic E-state index is 0.0129. The van der Waals surface area contributed by atoms with Gasteiger partial charge in [0.25, 0.3) is 5.91 Å². The summed E-state index contributed by atoms with van der Waals surface area (Å²) in [7, 11) is 0. The fourth-order valence-corrected chi connectivity index (χ4v) is 5.29. The van der Waals surface area contributed by atoms with Crippen molar-refractivity contribution in [2.24, 2.45) is 11.7 Å². The molecule has 0 spiro atoms. The summed E-state index contributed by atoms with van der Waals surface area (Å²) in [5, 5.41) is 2.50. The number of benzene rings is 1. The van der Waals surface area contributed by atoms with Crippen LogP contribution in [-0.2, 0) is 11.3 Å². The molecule has 0 unspecified atom stereocenters. The van der Waals surface area contributed by atoms with Crippen LogP contribution in [0.25, 0.3) is 11.0 Å². The minimum atomic E-state index is -4.52. The van der Waals surface area contributed by atoms with E-state index in [4.69, 9.17) is 5.73 Å². The van der Waals surface area contributed by atoms with Gasteiger partial charge in [0.05, 0.1) is 35.8 Å². The summed E-state index contributed by atoms with van der Waals surface area (Å²) in [6.07, 6.45) is -12.0. The number of hydrogen-bond acceptors (Lipinski definition) is 4. The van der Waals surface area contributed by atoms with Crippen LogP contribution < -0.4 is 11.1 Å². The fourth-order valence-electron chi connectivity index (χ4n) is 5.29. The van der Waals surface area contributed by atoms with Gasteiger partial charge >= 0.3 is 12.4 Å². The molecule has 4 rings (SSSR count). The number of nitrogens with zero attached hydrogens (tertiary/aromatic N) is 3. The lowest BCUT2D eigenvalue weighted by Crippen LogP contribution is -2.30. The molecule has 1 aliphatic carbocycles. The van der Waals surface area contributed by atoms with Gasteiger partial charge in [0.15, 0.2) is 0 Å². The second-order valence-electron chi connectivity index (χ2n) is 10.9. The highest BCUT2D eigenvalue weighted by Crippen LogP contribution is 2.44. The lowest BCUT2D eigenvalue weighted by Gasteiger charge is -2.33. The molecule has 0 saturated heterocycles. The Bertz CT molecular complexity index is 1450. The highest BCUT2D eigenvalue weighted by Gasteiger charge is 2.41. The van der Waals surface area contributed by atoms with Crippen LogP contribution in [0.5, 0.6) is 0 Å². The maximum absolute atomic E-state index is 14.1. The summed E-state index contributed by atoms with van der Waals surface area (Å²) in [5.74, 6) is -5.82. The third-order valence-electron chi connectivity index (χ3n) is 7.54. The molecule has 3 aromatic rings. The summed E-state index contributed by atoms with van der Waals surface area (Å²) in [6.45, 7) is 0.992. The lowest BCUT2D eigenvalue weighted by atomic mass is 9.77. The first-order chi connectivity index (χ1) is 19.9. The third-order valence-corrected chi connectivity index (χ3v) is 7.54. The Labute approximate surface area is 240 Å². The number of fused-ring (bicyclic) bond motifs is 1. The number of nitrogens with one attached hydrogen (secondary N) is 2. The first-order valence-electron chi connectivity index (χ1n) is 13.6. The Morgan fingerprint density at radius 3 is 2.35 bits per heavy atom. The maximum atomic E-state index is 14.1. The third kappa shape index (κ3) is 8.44. The van der Waals surface area contributed by atoms with E-state index in [2.05, 4.69) is 20.3 Å². The number of carbonyl (C=O) groups is 2. The van der Waals surface area contributed by atoms with Crippen LogP contribution in [0.1, 0.15) is 91.5 Å². The van der Waals surface area contributed by atoms with Gasteiger partial charge in [0, 0.05) is 32.0 Å². The molecule has 2 aromatic heterocycles. The predicted octanol–water partition coefficient (Wildman–Crippen LogP) is 6.29. The molecule has 0 bridgehead atoms. The van der Waals surface area contributed by atoms with E-state index in [0.29, 0.717) is 16.6 Å². The van der Waals surface area contributed by atoms with Crippen LogP contribution in [0.15, 0.2) is 24.4 Å². The van der Waals surface area contributed by atoms with E-state index in [9.17, 15) is 44.7 Å². The van der Waals surface area contributed by atoms with Crippen molar-refractivity contribution in [2.75, 3.05) is 0 Å². The number of aryl methyl sites for hydroxylation is 1. The van der Waals surface area contributed by atoms with Crippen molar-refractivity contribution < 1.29 is 44.7 Å². The molecular weight excluding hydrogens is 592 g/mol. The summed E-state index contributed by atoms with van der Waals surface area (Å²) >= 11 is 0. The summed E-state index contributed by atoms with van der Waals surface area (Å²) < 4.78 is 106. The van der Waals surface area contributed by atoms with Gasteiger partial charge in [0.1, 0.15) is 17.3 Å². The Morgan fingerprint density at radius 2 is 1.74 bits per heavy atom. The molecule has 2 amide bonds. The Balaban J connectivity index is 1.69. The lowest BCUT2D eigenvalue weighted by molar-refractivity contribution is -0.144. The van der Waals surface area contributed by atoms with Gasteiger partial charge in [0.2, 0.25) is 11.8 Å². The standard InChI is InChI=1S/C27H30F8N6O2/c1-14(37-20(42)6-9-26(30,31)32)16-2-3-17-18(12-16)39-23(38-17)21(15-4-7-25(28,29)8-5-15)24-40-19(22(36)43)13-41(24)11-10-27(33,34)35/h2-3,12-15,21H,4-11H2,1H3,(H2,36,43)(H,37,42)(H,38,39)/t14-,21+/m1/s1. The molecule has 1 fully saturated rings. The van der Waals surface area contributed by atoms with Gasteiger partial charge in [-0.05, 0) is 43.4 Å². The SMILES string of the molecule is C[C@@H](NC(=O)CCC(F)(F)F)c1ccc2nc([C@@H](c3nc(C(N)=O)cn3CCC(F)(F)F)C3CCC(F)(F)CC3)[nH]c2c1. The molecule has 43 heavy (non-hydrogen) atoms. The second kappa shape index (κ2) is 12.1. The number of aromatic amines is 1. The van der Waals surface area contributed by atoms with E-state index in [0.717, 1.165) is 10.8 Å². The number of rotatable bonds is 10. The molecule has 2 atom stereocenters. The molecule has 2 heterocycles. The maximum Gasteiger partial charge on any atom is 0.390 e. The van der Waals surface area contributed by atoms with Gasteiger partial charge in [-0.2, -0.15) is 26.3 Å². The number of H-pyrrole nitrogens is 1. The Hall–Kier alpha value is -3.72. The topological polar surface area (TPSA) is 119 Å². The van der Waals surface area contributed by atoms with Crippen molar-refractivity contribution in [1.29, 1.82) is 0 Å². The highest BCUT2D eigenvalue weighted by atomic mass is 19.4. The first kappa shape index (κ1) is 32.2. The predicted molar refractivity (Wildman–Crippen MR) is 138 cm³/mol. The largest absolute Gasteiger partial charge is 0.390 e. The molecule has 0 aliphatic heterocycles. The van der Waals surface area contributed by atoms with Gasteiger partial charge in [-0.3, -0.25) is 9.59 Å². The van der Waals surface area contributed by atoms with Gasteiger partial charge in [-0.15, -0.1) is 0 Å². The zero-order valence-electron chi connectivity index (χ0n) is 23.0. The quantitative estimate of drug-likeness (QED) is 0.231. The van der Waals surface area contributed by atoms with Crippen LogP contribution in [-0.4, -0.2) is 49.6 Å². The summed E-state index contributed by atoms with van der Waals surface area (Å²) in [6, 6.07) is 4.12. The smallest absolute Gasteiger partial charge is 0.364 e. The zero-order valence-corrected chi connectivity index (χ0v) is 23.0. The summed E-state index contributed by atoms with van der Waals surface area (Å²) in [4.78, 5) is 35.8. The van der Waals surface area contributed by atoms with Crippen LogP contribution in [0.2, 0.25) is 0 Å². The molecule has 4 N–H and O–H groups in total. The van der Waals surface area contributed by atoms with Crippen molar-refractivity contribution in [1.82, 2.24) is 24.8 Å². The Kier molecular flexibility index (Phi) is 9.07. The monoisotopic (exact) mass is 622 g/mol. The van der Waals surface area contributed by atoms with Gasteiger partial charge in [-0.25, -0.2) is 18.7 Å². The van der Waals surface area contributed by atoms with Crippen molar-refractivity contribution in [3.05, 3.63) is 47.3 Å². The zero-order chi connectivity index (χ0) is 31.7. The minimum Gasteiger partial charge on any atom is -0.364 e. The van der Waals surface area contributed by atoms with Crippen LogP contribution in [0, 0.1) is 5.92 Å². The number of alkyl halides is 8. The van der Waals surface area contributed by atoms with E-state index >= 15 is 0 Å². The number of aromatic nitrogens is 4. The van der Waals surface area contributed by atoms with Crippen molar-refractivity contribution in [3.8, 4) is 0 Å². The number of hydrogen-bond donors (Lipinski definition) is 3. The van der Waals surface area contributed by atoms with E-state index in [-0.39, 0.29) is 30.2 Å². The number of halogens is 8. The average molecular weight is 623 g/mol. The van der Waals surface area contributed by atoms with Crippen molar-refractivity contribution in [2.45, 2.75) is 88.6 Å². The molecule has 0 radical (unpaired) electrons. The molecule has 1 aromatic carbocycles. The summed E-state index contributed by atoms with van der Waals surface area (Å²) in [5.41, 5.74) is 6.45. The van der Waals surface area contributed by atoms with E-state index < -0.39 is 86.6 Å². The molecule has 1 saturated carbocycles. The fraction of sp³-hybridized carbons (Fsp3) is 0.556. The molecular formula is C27H30F8N6O2. The molecule has 1 aliphatic rings. The van der Waals surface area contributed by atoms with Crippen molar-refractivity contribution >= 4 is 22.8 Å². The highest BCUT2D eigenvalue weighted by molar-refractivity contribution is 5.90. The molecule has 236 valence electrons. The van der Waals surface area contributed by atoms with Crippen LogP contribution in [0.4, 0.5) is 35.1 Å². The molecule has 8 nitrogen and oxygen atoms in total. The number of imidazole rings is 2. The second-order valence-corrected chi connectivity index (χ2v) is 10.9. The number of carbonyl (C=O) groups excluding carboxylic acids is 2. The van der Waals surface area contributed by atoms with Crippen LogP contribution >= 0.6 is 0 Å². The number of primary amides is 1. The van der Waals surface area contributed by atoms with E-state index in [1.165, 1.54) is 0 Å². The van der Waals surface area contributed by atoms with Crippen LogP contribution in [0.3, 0.4) is 0 Å². The van der Waals surface area contributed by atoms with E-state index in [1.54, 1.807) is 25.1 Å².